The quantitative estimate of drug-likeness (QED) is 0.522. The number of anilines is 2. The fourth-order valence-corrected chi connectivity index (χ4v) is 3.98. The largest absolute Gasteiger partial charge is 0.383 e. The van der Waals surface area contributed by atoms with Crippen LogP contribution in [0.25, 0.3) is 17.2 Å². The highest BCUT2D eigenvalue weighted by Gasteiger charge is 2.47. The molecule has 0 radical (unpaired) electrons. The summed E-state index contributed by atoms with van der Waals surface area (Å²) in [5.41, 5.74) is 8.18. The number of aryl methyl sites for hydroxylation is 1. The van der Waals surface area contributed by atoms with Gasteiger partial charge in [0.15, 0.2) is 11.5 Å². The van der Waals surface area contributed by atoms with Gasteiger partial charge in [-0.25, -0.2) is 28.8 Å². The van der Waals surface area contributed by atoms with Gasteiger partial charge in [0.05, 0.1) is 17.5 Å². The Labute approximate surface area is 176 Å². The summed E-state index contributed by atoms with van der Waals surface area (Å²) in [5.74, 6) is 0.0517. The Bertz CT molecular complexity index is 1330. The van der Waals surface area contributed by atoms with Gasteiger partial charge >= 0.3 is 0 Å². The minimum atomic E-state index is -1.14. The molecular formula is C21H19FN8O. The van der Waals surface area contributed by atoms with E-state index in [1.165, 1.54) is 18.5 Å². The zero-order valence-corrected chi connectivity index (χ0v) is 16.9. The molecule has 156 valence electrons. The molecule has 3 N–H and O–H groups in total. The lowest BCUT2D eigenvalue weighted by Crippen LogP contribution is -2.33. The van der Waals surface area contributed by atoms with Crippen LogP contribution in [-0.2, 0) is 16.6 Å². The maximum Gasteiger partial charge on any atom is 0.240 e. The van der Waals surface area contributed by atoms with Gasteiger partial charge in [0.1, 0.15) is 34.9 Å². The van der Waals surface area contributed by atoms with Crippen LogP contribution in [-0.4, -0.2) is 35.5 Å². The third-order valence-electron chi connectivity index (χ3n) is 5.59. The third kappa shape index (κ3) is 2.82. The molecule has 3 aromatic heterocycles. The van der Waals surface area contributed by atoms with Crippen LogP contribution < -0.4 is 11.1 Å². The Kier molecular flexibility index (Phi) is 4.17. The van der Waals surface area contributed by atoms with Crippen molar-refractivity contribution in [2.24, 2.45) is 0 Å². The van der Waals surface area contributed by atoms with Gasteiger partial charge < -0.3 is 11.1 Å². The van der Waals surface area contributed by atoms with Gasteiger partial charge in [0, 0.05) is 0 Å². The molecule has 1 aliphatic rings. The topological polar surface area (TPSA) is 124 Å². The van der Waals surface area contributed by atoms with E-state index < -0.39 is 5.41 Å². The lowest BCUT2D eigenvalue weighted by molar-refractivity contribution is -0.119. The summed E-state index contributed by atoms with van der Waals surface area (Å²) in [6.45, 7) is 3.77. The smallest absolute Gasteiger partial charge is 0.240 e. The number of amides is 1. The standard InChI is InChI=1S/C21H19FN8O/c1-3-4-13-19-24-10-25-30(19)9-14(26-13)17-27-16(23)15-18(28-17)29-20(31)21(15,2)11-5-7-12(22)8-6-11/h5-10H,3-4H2,1-2H3,(H3,23,27,28,29,31)/t21-/m0/s1. The van der Waals surface area contributed by atoms with Crippen molar-refractivity contribution in [2.75, 3.05) is 11.1 Å². The fourth-order valence-electron chi connectivity index (χ4n) is 3.98. The van der Waals surface area contributed by atoms with E-state index in [4.69, 9.17) is 5.73 Å². The molecular weight excluding hydrogens is 399 g/mol. The summed E-state index contributed by atoms with van der Waals surface area (Å²) in [5, 5.41) is 7.00. The molecule has 9 nitrogen and oxygen atoms in total. The number of halogens is 1. The molecule has 0 aliphatic carbocycles. The number of carbonyl (C=O) groups is 1. The van der Waals surface area contributed by atoms with Crippen molar-refractivity contribution in [1.29, 1.82) is 0 Å². The van der Waals surface area contributed by atoms with E-state index in [9.17, 15) is 9.18 Å². The molecule has 0 saturated carbocycles. The Hall–Kier alpha value is -3.95. The fraction of sp³-hybridized carbons (Fsp3) is 0.238. The van der Waals surface area contributed by atoms with Gasteiger partial charge in [-0.3, -0.25) is 4.79 Å². The average Bonchev–Trinajstić information content (AvgIpc) is 3.32. The van der Waals surface area contributed by atoms with Crippen molar-refractivity contribution in [3.63, 3.8) is 0 Å². The molecule has 0 bridgehead atoms. The highest BCUT2D eigenvalue weighted by atomic mass is 19.1. The van der Waals surface area contributed by atoms with Crippen LogP contribution in [0.1, 0.15) is 37.1 Å². The van der Waals surface area contributed by atoms with E-state index in [0.717, 1.165) is 18.5 Å². The van der Waals surface area contributed by atoms with Crippen LogP contribution in [0.4, 0.5) is 16.0 Å². The Balaban J connectivity index is 1.66. The number of hydrogen-bond donors (Lipinski definition) is 2. The number of benzene rings is 1. The van der Waals surface area contributed by atoms with Gasteiger partial charge in [-0.2, -0.15) is 5.10 Å². The number of carbonyl (C=O) groups excluding carboxylic acids is 1. The molecule has 1 amide bonds. The highest BCUT2D eigenvalue weighted by molar-refractivity contribution is 6.09. The van der Waals surface area contributed by atoms with Gasteiger partial charge in [-0.15, -0.1) is 0 Å². The maximum absolute atomic E-state index is 13.4. The maximum atomic E-state index is 13.4. The summed E-state index contributed by atoms with van der Waals surface area (Å²) >= 11 is 0. The van der Waals surface area contributed by atoms with Gasteiger partial charge in [0.25, 0.3) is 0 Å². The summed E-state index contributed by atoms with van der Waals surface area (Å²) < 4.78 is 15.0. The van der Waals surface area contributed by atoms with Crippen molar-refractivity contribution in [2.45, 2.75) is 32.1 Å². The van der Waals surface area contributed by atoms with Crippen molar-refractivity contribution in [1.82, 2.24) is 29.5 Å². The summed E-state index contributed by atoms with van der Waals surface area (Å²) in [6, 6.07) is 5.75. The summed E-state index contributed by atoms with van der Waals surface area (Å²) in [4.78, 5) is 30.9. The van der Waals surface area contributed by atoms with E-state index in [1.54, 1.807) is 29.8 Å². The van der Waals surface area contributed by atoms with E-state index >= 15 is 0 Å². The summed E-state index contributed by atoms with van der Waals surface area (Å²) in [6.07, 6.45) is 4.75. The molecule has 4 aromatic rings. The minimum Gasteiger partial charge on any atom is -0.383 e. The second-order valence-electron chi connectivity index (χ2n) is 7.59. The monoisotopic (exact) mass is 418 g/mol. The first-order valence-corrected chi connectivity index (χ1v) is 9.87. The Morgan fingerprint density at radius 2 is 1.97 bits per heavy atom. The van der Waals surface area contributed by atoms with Crippen LogP contribution in [0.2, 0.25) is 0 Å². The second kappa shape index (κ2) is 6.79. The first-order chi connectivity index (χ1) is 14.9. The average molecular weight is 418 g/mol. The number of hydrogen-bond acceptors (Lipinski definition) is 7. The van der Waals surface area contributed by atoms with E-state index in [1.807, 2.05) is 0 Å². The third-order valence-corrected chi connectivity index (χ3v) is 5.59. The predicted octanol–water partition coefficient (Wildman–Crippen LogP) is 2.51. The molecule has 4 heterocycles. The van der Waals surface area contributed by atoms with Gasteiger partial charge in [-0.1, -0.05) is 25.5 Å². The lowest BCUT2D eigenvalue weighted by Gasteiger charge is -2.23. The number of aromatic nitrogens is 6. The molecule has 0 unspecified atom stereocenters. The number of fused-ring (bicyclic) bond motifs is 2. The Morgan fingerprint density at radius 3 is 2.71 bits per heavy atom. The molecule has 0 fully saturated rings. The van der Waals surface area contributed by atoms with Crippen LogP contribution >= 0.6 is 0 Å². The van der Waals surface area contributed by atoms with E-state index in [-0.39, 0.29) is 23.4 Å². The molecule has 5 rings (SSSR count). The van der Waals surface area contributed by atoms with Crippen LogP contribution in [0.5, 0.6) is 0 Å². The number of nitrogens with two attached hydrogens (primary N) is 1. The molecule has 1 atom stereocenters. The van der Waals surface area contributed by atoms with E-state index in [0.29, 0.717) is 28.3 Å². The van der Waals surface area contributed by atoms with E-state index in [2.05, 4.69) is 37.3 Å². The molecule has 0 spiro atoms. The molecule has 31 heavy (non-hydrogen) atoms. The SMILES string of the molecule is CCCc1nc(-c2nc(N)c3c(n2)NC(=O)[C@@]3(C)c2ccc(F)cc2)cn2ncnc12. The number of rotatable bonds is 4. The van der Waals surface area contributed by atoms with Crippen LogP contribution in [0.15, 0.2) is 36.8 Å². The van der Waals surface area contributed by atoms with Crippen molar-refractivity contribution in [3.05, 3.63) is 59.4 Å². The molecule has 1 aliphatic heterocycles. The normalized spacial score (nSPS) is 17.7. The molecule has 0 saturated heterocycles. The van der Waals surface area contributed by atoms with Crippen molar-refractivity contribution >= 4 is 23.2 Å². The molecule has 1 aromatic carbocycles. The van der Waals surface area contributed by atoms with Gasteiger partial charge in [0.2, 0.25) is 5.91 Å². The van der Waals surface area contributed by atoms with Crippen LogP contribution in [0, 0.1) is 5.82 Å². The minimum absolute atomic E-state index is 0.155. The summed E-state index contributed by atoms with van der Waals surface area (Å²) in [7, 11) is 0. The number of nitrogen functional groups attached to an aromatic ring is 1. The number of nitrogens with one attached hydrogen (secondary N) is 1. The second-order valence-corrected chi connectivity index (χ2v) is 7.59. The first kappa shape index (κ1) is 19.0. The van der Waals surface area contributed by atoms with Crippen molar-refractivity contribution < 1.29 is 9.18 Å². The number of nitrogens with zero attached hydrogens (tertiary/aromatic N) is 6. The Morgan fingerprint density at radius 1 is 1.19 bits per heavy atom. The first-order valence-electron chi connectivity index (χ1n) is 9.87. The lowest BCUT2D eigenvalue weighted by atomic mass is 9.78. The van der Waals surface area contributed by atoms with Gasteiger partial charge in [-0.05, 0) is 31.0 Å². The predicted molar refractivity (Wildman–Crippen MR) is 112 cm³/mol. The zero-order chi connectivity index (χ0) is 21.8. The van der Waals surface area contributed by atoms with Crippen molar-refractivity contribution in [3.8, 4) is 11.5 Å². The van der Waals surface area contributed by atoms with Crippen LogP contribution in [0.3, 0.4) is 0 Å². The molecule has 10 heteroatoms. The highest BCUT2D eigenvalue weighted by Crippen LogP contribution is 2.44. The zero-order valence-electron chi connectivity index (χ0n) is 16.9.